The lowest BCUT2D eigenvalue weighted by Gasteiger charge is -2.33. The fourth-order valence-corrected chi connectivity index (χ4v) is 5.75. The Hall–Kier alpha value is -0.860. The minimum absolute atomic E-state index is 0.0706. The van der Waals surface area contributed by atoms with Crippen LogP contribution in [0.1, 0.15) is 31.6 Å². The summed E-state index contributed by atoms with van der Waals surface area (Å²) in [4.78, 5) is 29.1. The number of carbonyl (C=O) groups is 1. The maximum absolute atomic E-state index is 12.8. The van der Waals surface area contributed by atoms with Gasteiger partial charge in [0.05, 0.1) is 5.92 Å². The number of nitrogens with zero attached hydrogens (tertiary/aromatic N) is 2. The molecule has 0 amide bonds. The van der Waals surface area contributed by atoms with Crippen molar-refractivity contribution >= 4 is 44.4 Å². The molecular formula is C14H18N2O3S3. The summed E-state index contributed by atoms with van der Waals surface area (Å²) in [6, 6.07) is 3.72. The first-order valence-corrected chi connectivity index (χ1v) is 9.70. The van der Waals surface area contributed by atoms with Crippen LogP contribution in [0.25, 0.3) is 0 Å². The van der Waals surface area contributed by atoms with Crippen molar-refractivity contribution in [3.8, 4) is 0 Å². The molecule has 120 valence electrons. The molecule has 0 aromatic carbocycles. The predicted molar refractivity (Wildman–Crippen MR) is 94.7 cm³/mol. The number of rotatable bonds is 6. The predicted octanol–water partition coefficient (Wildman–Crippen LogP) is 3.89. The van der Waals surface area contributed by atoms with Gasteiger partial charge in [0.1, 0.15) is 9.91 Å². The van der Waals surface area contributed by atoms with Gasteiger partial charge in [-0.25, -0.2) is 0 Å². The van der Waals surface area contributed by atoms with Crippen LogP contribution in [0, 0.1) is 16.0 Å². The first-order chi connectivity index (χ1) is 10.4. The van der Waals surface area contributed by atoms with E-state index in [0.717, 1.165) is 26.8 Å². The summed E-state index contributed by atoms with van der Waals surface area (Å²) in [5.41, 5.74) is -1.04. The SMILES string of the molecule is CCSC1=N[C@@](C(C)C)([C@H](C[N+](=O)[O-])c2cccs2)C(=O)S1. The van der Waals surface area contributed by atoms with Crippen molar-refractivity contribution in [2.75, 3.05) is 12.3 Å². The molecule has 2 atom stereocenters. The van der Waals surface area contributed by atoms with Gasteiger partial charge in [-0.05, 0) is 34.9 Å². The van der Waals surface area contributed by atoms with Gasteiger partial charge in [-0.3, -0.25) is 19.9 Å². The maximum Gasteiger partial charge on any atom is 0.224 e. The lowest BCUT2D eigenvalue weighted by atomic mass is 9.75. The first-order valence-electron chi connectivity index (χ1n) is 7.02. The number of hydrogen-bond acceptors (Lipinski definition) is 7. The van der Waals surface area contributed by atoms with Gasteiger partial charge in [0.25, 0.3) is 0 Å². The van der Waals surface area contributed by atoms with Gasteiger partial charge in [-0.1, -0.05) is 38.6 Å². The van der Waals surface area contributed by atoms with E-state index in [2.05, 4.69) is 0 Å². The van der Waals surface area contributed by atoms with Crippen LogP contribution >= 0.6 is 34.9 Å². The molecule has 1 aromatic heterocycles. The van der Waals surface area contributed by atoms with Crippen molar-refractivity contribution in [1.29, 1.82) is 0 Å². The lowest BCUT2D eigenvalue weighted by molar-refractivity contribution is -0.484. The lowest BCUT2D eigenvalue weighted by Crippen LogP contribution is -2.46. The van der Waals surface area contributed by atoms with Crippen molar-refractivity contribution in [3.63, 3.8) is 0 Å². The Balaban J connectivity index is 2.52. The topological polar surface area (TPSA) is 72.6 Å². The highest BCUT2D eigenvalue weighted by molar-refractivity contribution is 8.45. The molecule has 0 saturated carbocycles. The molecule has 2 rings (SSSR count). The summed E-state index contributed by atoms with van der Waals surface area (Å²) in [7, 11) is 0. The van der Waals surface area contributed by atoms with Gasteiger partial charge in [-0.15, -0.1) is 11.3 Å². The molecule has 0 unspecified atom stereocenters. The highest BCUT2D eigenvalue weighted by Crippen LogP contribution is 2.48. The van der Waals surface area contributed by atoms with Gasteiger partial charge in [0, 0.05) is 9.80 Å². The molecule has 2 heterocycles. The molecule has 0 saturated heterocycles. The normalized spacial score (nSPS) is 22.9. The van der Waals surface area contributed by atoms with Crippen LogP contribution < -0.4 is 0 Å². The fourth-order valence-electron chi connectivity index (χ4n) is 2.64. The number of thioether (sulfide) groups is 2. The van der Waals surface area contributed by atoms with E-state index in [-0.39, 0.29) is 22.5 Å². The van der Waals surface area contributed by atoms with Crippen LogP contribution in [0.5, 0.6) is 0 Å². The molecule has 1 aliphatic heterocycles. The van der Waals surface area contributed by atoms with Crippen LogP contribution in [-0.2, 0) is 4.79 Å². The summed E-state index contributed by atoms with van der Waals surface area (Å²) < 4.78 is 0.728. The molecule has 0 fully saturated rings. The Labute approximate surface area is 142 Å². The third-order valence-corrected chi connectivity index (χ3v) is 6.68. The molecule has 0 radical (unpaired) electrons. The number of nitro groups is 1. The average Bonchev–Trinajstić information content (AvgIpc) is 3.05. The molecule has 1 aromatic rings. The molecule has 22 heavy (non-hydrogen) atoms. The Kier molecular flexibility index (Phi) is 5.68. The van der Waals surface area contributed by atoms with Gasteiger partial charge in [-0.2, -0.15) is 0 Å². The molecule has 0 bridgehead atoms. The molecule has 8 heteroatoms. The van der Waals surface area contributed by atoms with Crippen LogP contribution in [-0.4, -0.2) is 32.3 Å². The van der Waals surface area contributed by atoms with Crippen molar-refractivity contribution in [1.82, 2.24) is 0 Å². The number of carbonyl (C=O) groups excluding carboxylic acids is 1. The Morgan fingerprint density at radius 2 is 2.23 bits per heavy atom. The second-order valence-corrected chi connectivity index (χ2v) is 8.72. The van der Waals surface area contributed by atoms with Crippen molar-refractivity contribution in [3.05, 3.63) is 32.5 Å². The first kappa shape index (κ1) is 17.5. The Bertz CT molecular complexity index is 586. The zero-order valence-electron chi connectivity index (χ0n) is 12.6. The second-order valence-electron chi connectivity index (χ2n) is 5.26. The number of thiophene rings is 1. The van der Waals surface area contributed by atoms with Gasteiger partial charge < -0.3 is 0 Å². The number of aliphatic imine (C=N–C) groups is 1. The van der Waals surface area contributed by atoms with Gasteiger partial charge in [0.2, 0.25) is 11.7 Å². The zero-order chi connectivity index (χ0) is 16.3. The molecule has 0 aliphatic carbocycles. The van der Waals surface area contributed by atoms with E-state index in [9.17, 15) is 14.9 Å². The fraction of sp³-hybridized carbons (Fsp3) is 0.571. The quantitative estimate of drug-likeness (QED) is 0.570. The highest BCUT2D eigenvalue weighted by Gasteiger charge is 2.55. The van der Waals surface area contributed by atoms with E-state index in [1.165, 1.54) is 23.1 Å². The van der Waals surface area contributed by atoms with E-state index in [1.807, 2.05) is 38.3 Å². The van der Waals surface area contributed by atoms with E-state index in [0.29, 0.717) is 0 Å². The maximum atomic E-state index is 12.8. The third-order valence-electron chi connectivity index (χ3n) is 3.68. The second kappa shape index (κ2) is 7.14. The van der Waals surface area contributed by atoms with Crippen molar-refractivity contribution in [2.45, 2.75) is 32.2 Å². The van der Waals surface area contributed by atoms with Crippen LogP contribution in [0.4, 0.5) is 0 Å². The van der Waals surface area contributed by atoms with Gasteiger partial charge in [0.15, 0.2) is 0 Å². The molecule has 5 nitrogen and oxygen atoms in total. The largest absolute Gasteiger partial charge is 0.284 e. The van der Waals surface area contributed by atoms with Crippen molar-refractivity contribution in [2.24, 2.45) is 10.9 Å². The van der Waals surface area contributed by atoms with E-state index < -0.39 is 11.5 Å². The average molecular weight is 359 g/mol. The molecule has 0 spiro atoms. The van der Waals surface area contributed by atoms with Crippen LogP contribution in [0.2, 0.25) is 0 Å². The standard InChI is InChI=1S/C14H18N2O3S3/c1-4-20-13-15-14(9(2)3,12(17)22-13)10(8-16(18)19)11-6-5-7-21-11/h5-7,9-10H,4,8H2,1-3H3/t10-,14+/m1/s1. The van der Waals surface area contributed by atoms with Crippen LogP contribution in [0.15, 0.2) is 22.5 Å². The Morgan fingerprint density at radius 1 is 1.50 bits per heavy atom. The third kappa shape index (κ3) is 3.23. The summed E-state index contributed by atoms with van der Waals surface area (Å²) in [6.45, 7) is 5.56. The van der Waals surface area contributed by atoms with Crippen molar-refractivity contribution < 1.29 is 9.72 Å². The zero-order valence-corrected chi connectivity index (χ0v) is 15.1. The molecule has 0 N–H and O–H groups in total. The molecular weight excluding hydrogens is 340 g/mol. The minimum Gasteiger partial charge on any atom is -0.284 e. The van der Waals surface area contributed by atoms with Crippen LogP contribution in [0.3, 0.4) is 0 Å². The number of hydrogen-bond donors (Lipinski definition) is 0. The minimum atomic E-state index is -1.04. The van der Waals surface area contributed by atoms with E-state index in [4.69, 9.17) is 4.99 Å². The monoisotopic (exact) mass is 358 g/mol. The summed E-state index contributed by atoms with van der Waals surface area (Å²) in [6.07, 6.45) is 0. The highest BCUT2D eigenvalue weighted by atomic mass is 32.2. The van der Waals surface area contributed by atoms with E-state index in [1.54, 1.807) is 0 Å². The van der Waals surface area contributed by atoms with Gasteiger partial charge >= 0.3 is 0 Å². The Morgan fingerprint density at radius 3 is 2.73 bits per heavy atom. The molecule has 1 aliphatic rings. The smallest absolute Gasteiger partial charge is 0.224 e. The summed E-state index contributed by atoms with van der Waals surface area (Å²) in [5.74, 6) is 0.207. The summed E-state index contributed by atoms with van der Waals surface area (Å²) in [5, 5.41) is 13.0. The van der Waals surface area contributed by atoms with E-state index >= 15 is 0 Å². The summed E-state index contributed by atoms with van der Waals surface area (Å²) >= 11 is 4.11.